The van der Waals surface area contributed by atoms with Crippen LogP contribution in [0.4, 0.5) is 0 Å². The van der Waals surface area contributed by atoms with Gasteiger partial charge in [-0.3, -0.25) is 9.59 Å². The standard InChI is InChI=1S/C12H20Cl2O3/c13-11(15)7-3-1-5-9-17-10-6-2-4-8-12(14)16/h1-10H2. The molecule has 0 rings (SSSR count). The molecule has 0 aliphatic heterocycles. The van der Waals surface area contributed by atoms with Gasteiger partial charge >= 0.3 is 0 Å². The molecule has 3 nitrogen and oxygen atoms in total. The molecule has 100 valence electrons. The summed E-state index contributed by atoms with van der Waals surface area (Å²) >= 11 is 10.4. The Balaban J connectivity index is 2.98. The van der Waals surface area contributed by atoms with Crippen molar-refractivity contribution < 1.29 is 14.3 Å². The molecule has 0 heterocycles. The van der Waals surface area contributed by atoms with Crippen LogP contribution in [-0.4, -0.2) is 23.7 Å². The third-order valence-corrected chi connectivity index (χ3v) is 2.70. The minimum Gasteiger partial charge on any atom is -0.381 e. The summed E-state index contributed by atoms with van der Waals surface area (Å²) in [5, 5.41) is -0.528. The fraction of sp³-hybridized carbons (Fsp3) is 0.833. The molecule has 0 aromatic carbocycles. The van der Waals surface area contributed by atoms with E-state index in [0.717, 1.165) is 51.7 Å². The molecule has 17 heavy (non-hydrogen) atoms. The molecular weight excluding hydrogens is 263 g/mol. The summed E-state index contributed by atoms with van der Waals surface area (Å²) in [7, 11) is 0. The van der Waals surface area contributed by atoms with Crippen LogP contribution in [-0.2, 0) is 14.3 Å². The Morgan fingerprint density at radius 2 is 1.12 bits per heavy atom. The van der Waals surface area contributed by atoms with Crippen molar-refractivity contribution in [3.05, 3.63) is 0 Å². The van der Waals surface area contributed by atoms with Gasteiger partial charge in [0.05, 0.1) is 0 Å². The minimum atomic E-state index is -0.264. The van der Waals surface area contributed by atoms with E-state index in [2.05, 4.69) is 0 Å². The third kappa shape index (κ3) is 15.9. The largest absolute Gasteiger partial charge is 0.381 e. The number of rotatable bonds is 12. The summed E-state index contributed by atoms with van der Waals surface area (Å²) in [5.74, 6) is 0. The molecule has 0 atom stereocenters. The van der Waals surface area contributed by atoms with Crippen molar-refractivity contribution in [2.45, 2.75) is 51.4 Å². The quantitative estimate of drug-likeness (QED) is 0.405. The van der Waals surface area contributed by atoms with Gasteiger partial charge in [-0.25, -0.2) is 0 Å². The summed E-state index contributed by atoms with van der Waals surface area (Å²) in [6.07, 6.45) is 6.45. The highest BCUT2D eigenvalue weighted by Crippen LogP contribution is 2.05. The van der Waals surface area contributed by atoms with E-state index >= 15 is 0 Å². The fourth-order valence-corrected chi connectivity index (χ4v) is 1.66. The average molecular weight is 283 g/mol. The van der Waals surface area contributed by atoms with E-state index in [9.17, 15) is 9.59 Å². The first kappa shape index (κ1) is 16.9. The topological polar surface area (TPSA) is 43.4 Å². The van der Waals surface area contributed by atoms with Crippen molar-refractivity contribution in [3.63, 3.8) is 0 Å². The molecule has 0 radical (unpaired) electrons. The van der Waals surface area contributed by atoms with Crippen molar-refractivity contribution in [1.82, 2.24) is 0 Å². The Morgan fingerprint density at radius 1 is 0.706 bits per heavy atom. The van der Waals surface area contributed by atoms with E-state index < -0.39 is 0 Å². The summed E-state index contributed by atoms with van der Waals surface area (Å²) < 4.78 is 5.41. The van der Waals surface area contributed by atoms with Crippen LogP contribution in [0.2, 0.25) is 0 Å². The fourth-order valence-electron chi connectivity index (χ4n) is 1.39. The molecule has 0 aliphatic rings. The summed E-state index contributed by atoms with van der Waals surface area (Å²) in [5.41, 5.74) is 0. The maximum atomic E-state index is 10.4. The maximum absolute atomic E-state index is 10.4. The minimum absolute atomic E-state index is 0.264. The van der Waals surface area contributed by atoms with Gasteiger partial charge in [-0.1, -0.05) is 12.8 Å². The SMILES string of the molecule is O=C(Cl)CCCCCOCCCCCC(=O)Cl. The molecule has 5 heteroatoms. The number of hydrogen-bond donors (Lipinski definition) is 0. The number of unbranched alkanes of at least 4 members (excludes halogenated alkanes) is 4. The Morgan fingerprint density at radius 3 is 1.47 bits per heavy atom. The van der Waals surface area contributed by atoms with E-state index in [1.807, 2.05) is 0 Å². The van der Waals surface area contributed by atoms with Gasteiger partial charge < -0.3 is 4.74 Å². The molecular formula is C12H20Cl2O3. The van der Waals surface area contributed by atoms with Crippen LogP contribution in [0.3, 0.4) is 0 Å². The number of halogens is 2. The van der Waals surface area contributed by atoms with Crippen LogP contribution in [0.5, 0.6) is 0 Å². The van der Waals surface area contributed by atoms with E-state index in [1.54, 1.807) is 0 Å². The third-order valence-electron chi connectivity index (χ3n) is 2.32. The lowest BCUT2D eigenvalue weighted by Crippen LogP contribution is -1.98. The molecule has 0 amide bonds. The zero-order valence-electron chi connectivity index (χ0n) is 10.1. The molecule has 0 bridgehead atoms. The van der Waals surface area contributed by atoms with Crippen LogP contribution in [0.15, 0.2) is 0 Å². The van der Waals surface area contributed by atoms with Crippen molar-refractivity contribution in [2.24, 2.45) is 0 Å². The lowest BCUT2D eigenvalue weighted by atomic mass is 10.2. The van der Waals surface area contributed by atoms with Gasteiger partial charge in [-0.2, -0.15) is 0 Å². The molecule has 0 fully saturated rings. The maximum Gasteiger partial charge on any atom is 0.221 e. The molecule has 0 saturated heterocycles. The van der Waals surface area contributed by atoms with E-state index in [1.165, 1.54) is 0 Å². The summed E-state index contributed by atoms with van der Waals surface area (Å²) in [6, 6.07) is 0. The van der Waals surface area contributed by atoms with Crippen LogP contribution >= 0.6 is 23.2 Å². The molecule has 0 unspecified atom stereocenters. The van der Waals surface area contributed by atoms with Crippen LogP contribution in [0.25, 0.3) is 0 Å². The number of ether oxygens (including phenoxy) is 1. The highest BCUT2D eigenvalue weighted by molar-refractivity contribution is 6.63. The lowest BCUT2D eigenvalue weighted by Gasteiger charge is -2.03. The van der Waals surface area contributed by atoms with Crippen LogP contribution < -0.4 is 0 Å². The molecule has 0 aromatic rings. The van der Waals surface area contributed by atoms with Crippen molar-refractivity contribution in [1.29, 1.82) is 0 Å². The number of carbonyl (C=O) groups is 2. The van der Waals surface area contributed by atoms with E-state index in [0.29, 0.717) is 12.8 Å². The second-order valence-corrected chi connectivity index (χ2v) is 4.79. The van der Waals surface area contributed by atoms with Crippen LogP contribution in [0, 0.1) is 0 Å². The first-order chi connectivity index (χ1) is 8.13. The van der Waals surface area contributed by atoms with Gasteiger partial charge in [-0.05, 0) is 48.9 Å². The molecule has 0 aliphatic carbocycles. The number of carbonyl (C=O) groups excluding carboxylic acids is 2. The predicted octanol–water partition coefficient (Wildman–Crippen LogP) is 3.65. The highest BCUT2D eigenvalue weighted by atomic mass is 35.5. The van der Waals surface area contributed by atoms with Gasteiger partial charge in [-0.15, -0.1) is 0 Å². The van der Waals surface area contributed by atoms with Crippen molar-refractivity contribution in [2.75, 3.05) is 13.2 Å². The molecule has 0 N–H and O–H groups in total. The number of hydrogen-bond acceptors (Lipinski definition) is 3. The van der Waals surface area contributed by atoms with Crippen molar-refractivity contribution in [3.8, 4) is 0 Å². The van der Waals surface area contributed by atoms with Gasteiger partial charge in [0.25, 0.3) is 0 Å². The van der Waals surface area contributed by atoms with Gasteiger partial charge in [0.15, 0.2) is 0 Å². The zero-order chi connectivity index (χ0) is 12.9. The summed E-state index contributed by atoms with van der Waals surface area (Å²) in [6.45, 7) is 1.45. The Kier molecular flexibility index (Phi) is 12.3. The smallest absolute Gasteiger partial charge is 0.221 e. The second-order valence-electron chi connectivity index (χ2n) is 3.94. The lowest BCUT2D eigenvalue weighted by molar-refractivity contribution is -0.112. The monoisotopic (exact) mass is 282 g/mol. The highest BCUT2D eigenvalue weighted by Gasteiger charge is 1.97. The average Bonchev–Trinajstić information content (AvgIpc) is 2.25. The van der Waals surface area contributed by atoms with E-state index in [-0.39, 0.29) is 10.5 Å². The first-order valence-electron chi connectivity index (χ1n) is 6.07. The van der Waals surface area contributed by atoms with Crippen molar-refractivity contribution >= 4 is 33.7 Å². The first-order valence-corrected chi connectivity index (χ1v) is 6.83. The Labute approximate surface area is 113 Å². The normalized spacial score (nSPS) is 10.5. The van der Waals surface area contributed by atoms with Gasteiger partial charge in [0.1, 0.15) is 0 Å². The molecule has 0 aromatic heterocycles. The molecule has 0 saturated carbocycles. The Bertz CT molecular complexity index is 198. The van der Waals surface area contributed by atoms with Gasteiger partial charge in [0, 0.05) is 26.1 Å². The Hall–Kier alpha value is -0.120. The summed E-state index contributed by atoms with van der Waals surface area (Å²) in [4.78, 5) is 20.9. The van der Waals surface area contributed by atoms with Crippen LogP contribution in [0.1, 0.15) is 51.4 Å². The predicted molar refractivity (Wildman–Crippen MR) is 69.5 cm³/mol. The zero-order valence-corrected chi connectivity index (χ0v) is 11.6. The van der Waals surface area contributed by atoms with Gasteiger partial charge in [0.2, 0.25) is 10.5 Å². The second kappa shape index (κ2) is 12.3. The molecule has 0 spiro atoms. The van der Waals surface area contributed by atoms with E-state index in [4.69, 9.17) is 27.9 Å².